The highest BCUT2D eigenvalue weighted by Gasteiger charge is 2.16. The molecule has 0 radical (unpaired) electrons. The number of nitriles is 2. The maximum Gasteiger partial charge on any atom is 0.110 e. The quantitative estimate of drug-likeness (QED) is 0.439. The number of benzene rings is 1. The van der Waals surface area contributed by atoms with Crippen LogP contribution in [0.4, 0.5) is 0 Å². The van der Waals surface area contributed by atoms with Crippen molar-refractivity contribution in [3.05, 3.63) is 58.3 Å². The lowest BCUT2D eigenvalue weighted by molar-refractivity contribution is 1.52. The second kappa shape index (κ2) is 5.64. The number of hydrogen-bond donors (Lipinski definition) is 0. The molecule has 3 aromatic heterocycles. The molecule has 5 heteroatoms. The van der Waals surface area contributed by atoms with Gasteiger partial charge in [0, 0.05) is 20.5 Å². The smallest absolute Gasteiger partial charge is 0.110 e. The van der Waals surface area contributed by atoms with E-state index >= 15 is 0 Å². The minimum Gasteiger partial charge on any atom is -0.192 e. The van der Waals surface area contributed by atoms with Gasteiger partial charge in [0.15, 0.2) is 0 Å². The Bertz CT molecular complexity index is 1010. The van der Waals surface area contributed by atoms with Gasteiger partial charge in [0.2, 0.25) is 0 Å². The Hall–Kier alpha value is -2.44. The second-order valence-corrected chi connectivity index (χ2v) is 8.05. The first kappa shape index (κ1) is 14.2. The molecule has 0 bridgehead atoms. The fourth-order valence-corrected chi connectivity index (χ4v) is 5.63. The van der Waals surface area contributed by atoms with E-state index in [0.29, 0.717) is 0 Å². The number of rotatable bonds is 2. The summed E-state index contributed by atoms with van der Waals surface area (Å²) in [6, 6.07) is 20.5. The summed E-state index contributed by atoms with van der Waals surface area (Å²) >= 11 is 4.77. The highest BCUT2D eigenvalue weighted by molar-refractivity contribution is 7.28. The first-order valence-corrected chi connectivity index (χ1v) is 9.27. The molecule has 0 spiro atoms. The minimum absolute atomic E-state index is 0.724. The molecule has 0 unspecified atom stereocenters. The zero-order valence-corrected chi connectivity index (χ0v) is 14.2. The van der Waals surface area contributed by atoms with Gasteiger partial charge in [-0.2, -0.15) is 10.5 Å². The van der Waals surface area contributed by atoms with Crippen LogP contribution in [0, 0.1) is 22.7 Å². The third-order valence-corrected chi connectivity index (χ3v) is 7.06. The lowest BCUT2D eigenvalue weighted by atomic mass is 10.1. The predicted molar refractivity (Wildman–Crippen MR) is 97.9 cm³/mol. The second-order valence-electron chi connectivity index (χ2n) is 4.86. The molecule has 0 saturated heterocycles. The molecule has 0 amide bonds. The molecule has 23 heavy (non-hydrogen) atoms. The molecular formula is C18H8N2S3. The number of nitrogens with zero attached hydrogens (tertiary/aromatic N) is 2. The SMILES string of the molecule is N#Cc1ccc(-c2sc(-c3ccc(C#N)s3)c3ccccc23)s1. The third-order valence-electron chi connectivity index (χ3n) is 3.50. The molecule has 4 aromatic rings. The summed E-state index contributed by atoms with van der Waals surface area (Å²) in [6.45, 7) is 0. The zero-order chi connectivity index (χ0) is 15.8. The summed E-state index contributed by atoms with van der Waals surface area (Å²) in [6.07, 6.45) is 0. The Morgan fingerprint density at radius 3 is 1.48 bits per heavy atom. The largest absolute Gasteiger partial charge is 0.192 e. The molecule has 108 valence electrons. The molecule has 0 fully saturated rings. The summed E-state index contributed by atoms with van der Waals surface area (Å²) < 4.78 is 0. The standard InChI is InChI=1S/C18H8N2S3/c19-9-11-5-7-15(21-11)17-13-3-1-2-4-14(13)18(23-17)16-8-6-12(10-20)22-16/h1-8H. The lowest BCUT2D eigenvalue weighted by Crippen LogP contribution is -1.68. The number of fused-ring (bicyclic) bond motifs is 1. The van der Waals surface area contributed by atoms with Crippen LogP contribution in [0.3, 0.4) is 0 Å². The van der Waals surface area contributed by atoms with Gasteiger partial charge >= 0.3 is 0 Å². The van der Waals surface area contributed by atoms with Crippen molar-refractivity contribution in [1.29, 1.82) is 10.5 Å². The van der Waals surface area contributed by atoms with Crippen molar-refractivity contribution in [3.63, 3.8) is 0 Å². The van der Waals surface area contributed by atoms with E-state index in [9.17, 15) is 0 Å². The Labute approximate surface area is 145 Å². The topological polar surface area (TPSA) is 47.6 Å². The van der Waals surface area contributed by atoms with E-state index in [2.05, 4.69) is 24.3 Å². The Morgan fingerprint density at radius 1 is 0.609 bits per heavy atom. The summed E-state index contributed by atoms with van der Waals surface area (Å²) in [5, 5.41) is 20.5. The van der Waals surface area contributed by atoms with Crippen molar-refractivity contribution in [3.8, 4) is 31.6 Å². The highest BCUT2D eigenvalue weighted by atomic mass is 32.1. The van der Waals surface area contributed by atoms with E-state index in [4.69, 9.17) is 10.5 Å². The monoisotopic (exact) mass is 348 g/mol. The maximum atomic E-state index is 9.06. The van der Waals surface area contributed by atoms with Crippen molar-refractivity contribution >= 4 is 44.8 Å². The van der Waals surface area contributed by atoms with Gasteiger partial charge in [-0.3, -0.25) is 0 Å². The van der Waals surface area contributed by atoms with Gasteiger partial charge in [-0.1, -0.05) is 24.3 Å². The van der Waals surface area contributed by atoms with E-state index < -0.39 is 0 Å². The van der Waals surface area contributed by atoms with Crippen LogP contribution in [0.15, 0.2) is 48.5 Å². The Balaban J connectivity index is 1.96. The van der Waals surface area contributed by atoms with E-state index in [1.165, 1.54) is 43.2 Å². The highest BCUT2D eigenvalue weighted by Crippen LogP contribution is 2.47. The summed E-state index contributed by atoms with van der Waals surface area (Å²) in [5.41, 5.74) is 0. The van der Waals surface area contributed by atoms with Crippen LogP contribution in [-0.2, 0) is 0 Å². The van der Waals surface area contributed by atoms with Crippen molar-refractivity contribution in [1.82, 2.24) is 0 Å². The number of thiophene rings is 3. The van der Waals surface area contributed by atoms with Crippen molar-refractivity contribution in [2.24, 2.45) is 0 Å². The first-order chi connectivity index (χ1) is 11.3. The molecule has 0 N–H and O–H groups in total. The third kappa shape index (κ3) is 2.36. The van der Waals surface area contributed by atoms with Gasteiger partial charge in [-0.05, 0) is 24.3 Å². The van der Waals surface area contributed by atoms with Gasteiger partial charge < -0.3 is 0 Å². The van der Waals surface area contributed by atoms with Crippen LogP contribution in [-0.4, -0.2) is 0 Å². The van der Waals surface area contributed by atoms with Gasteiger partial charge in [0.05, 0.1) is 9.75 Å². The van der Waals surface area contributed by atoms with Gasteiger partial charge in [0.1, 0.15) is 21.9 Å². The van der Waals surface area contributed by atoms with E-state index in [1.807, 2.05) is 36.4 Å². The molecule has 0 saturated carbocycles. The fourth-order valence-electron chi connectivity index (χ4n) is 2.50. The first-order valence-electron chi connectivity index (χ1n) is 6.82. The van der Waals surface area contributed by atoms with Crippen LogP contribution < -0.4 is 0 Å². The van der Waals surface area contributed by atoms with E-state index in [0.717, 1.165) is 19.5 Å². The number of hydrogen-bond acceptors (Lipinski definition) is 5. The zero-order valence-electron chi connectivity index (χ0n) is 11.7. The van der Waals surface area contributed by atoms with Gasteiger partial charge in [-0.25, -0.2) is 0 Å². The van der Waals surface area contributed by atoms with Crippen LogP contribution in [0.2, 0.25) is 0 Å². The average Bonchev–Trinajstić information content (AvgIpc) is 3.31. The normalized spacial score (nSPS) is 10.5. The molecule has 2 nitrogen and oxygen atoms in total. The summed E-state index contributed by atoms with van der Waals surface area (Å²) in [4.78, 5) is 6.06. The van der Waals surface area contributed by atoms with Crippen LogP contribution >= 0.6 is 34.0 Å². The Kier molecular flexibility index (Phi) is 3.48. The summed E-state index contributed by atoms with van der Waals surface area (Å²) in [7, 11) is 0. The fraction of sp³-hybridized carbons (Fsp3) is 0. The molecular weight excluding hydrogens is 340 g/mol. The molecule has 0 aliphatic heterocycles. The van der Waals surface area contributed by atoms with Crippen LogP contribution in [0.1, 0.15) is 9.75 Å². The summed E-state index contributed by atoms with van der Waals surface area (Å²) in [5.74, 6) is 0. The molecule has 0 aliphatic rings. The van der Waals surface area contributed by atoms with Gasteiger partial charge in [-0.15, -0.1) is 34.0 Å². The van der Waals surface area contributed by atoms with Crippen molar-refractivity contribution in [2.45, 2.75) is 0 Å². The van der Waals surface area contributed by atoms with Crippen molar-refractivity contribution < 1.29 is 0 Å². The van der Waals surface area contributed by atoms with E-state index in [1.54, 1.807) is 11.3 Å². The Morgan fingerprint density at radius 2 is 1.09 bits per heavy atom. The maximum absolute atomic E-state index is 9.06. The van der Waals surface area contributed by atoms with Crippen molar-refractivity contribution in [2.75, 3.05) is 0 Å². The molecule has 1 aromatic carbocycles. The predicted octanol–water partition coefficient (Wildman–Crippen LogP) is 6.10. The van der Waals surface area contributed by atoms with Gasteiger partial charge in [0.25, 0.3) is 0 Å². The lowest BCUT2D eigenvalue weighted by Gasteiger charge is -1.94. The average molecular weight is 348 g/mol. The van der Waals surface area contributed by atoms with Crippen LogP contribution in [0.25, 0.3) is 30.3 Å². The van der Waals surface area contributed by atoms with E-state index in [-0.39, 0.29) is 0 Å². The molecule has 4 rings (SSSR count). The molecule has 3 heterocycles. The van der Waals surface area contributed by atoms with Crippen LogP contribution in [0.5, 0.6) is 0 Å². The minimum atomic E-state index is 0.724. The molecule has 0 atom stereocenters. The molecule has 0 aliphatic carbocycles.